The quantitative estimate of drug-likeness (QED) is 0.795. The number of aryl methyl sites for hydroxylation is 1. The van der Waals surface area contributed by atoms with Crippen LogP contribution in [0.2, 0.25) is 0 Å². The Morgan fingerprint density at radius 2 is 1.78 bits per heavy atom. The molecule has 0 atom stereocenters. The molecule has 2 rings (SSSR count). The van der Waals surface area contributed by atoms with Crippen LogP contribution in [-0.2, 0) is 11.8 Å². The summed E-state index contributed by atoms with van der Waals surface area (Å²) in [6, 6.07) is 4.72. The minimum Gasteiger partial charge on any atom is -0.461 e. The van der Waals surface area contributed by atoms with E-state index < -0.39 is 28.7 Å². The first kappa shape index (κ1) is 18.3. The Bertz CT molecular complexity index is 794. The third kappa shape index (κ3) is 3.91. The van der Waals surface area contributed by atoms with Gasteiger partial charge in [-0.05, 0) is 31.2 Å². The highest BCUT2D eigenvalue weighted by atomic mass is 19.1. The van der Waals surface area contributed by atoms with Crippen LogP contribution in [0, 0.1) is 5.82 Å². The fourth-order valence-electron chi connectivity index (χ4n) is 1.72. The number of ether oxygens (including phenoxy) is 1. The second kappa shape index (κ2) is 8.02. The van der Waals surface area contributed by atoms with Crippen LogP contribution in [0.5, 0.6) is 0 Å². The van der Waals surface area contributed by atoms with Crippen molar-refractivity contribution >= 4 is 5.97 Å². The normalized spacial score (nSPS) is 9.78. The lowest BCUT2D eigenvalue weighted by Crippen LogP contribution is -2.43. The predicted octanol–water partition coefficient (Wildman–Crippen LogP) is 1.27. The largest absolute Gasteiger partial charge is 0.461 e. The molecule has 1 aromatic carbocycles. The number of aromatic nitrogens is 3. The fraction of sp³-hybridized carbons (Fsp3) is 0.333. The standard InChI is InChI=1S/C13H12FN3O4.C2H6/c1-3-21-12(19)10-11(18)17(13(20)16(2)15-10)9-6-4-8(14)5-7-9;1-2/h4-7H,3H2,1-2H3;1-2H3. The maximum absolute atomic E-state index is 12.9. The van der Waals surface area contributed by atoms with E-state index in [9.17, 15) is 18.8 Å². The van der Waals surface area contributed by atoms with Gasteiger partial charge < -0.3 is 4.74 Å². The van der Waals surface area contributed by atoms with Crippen molar-refractivity contribution < 1.29 is 13.9 Å². The van der Waals surface area contributed by atoms with Gasteiger partial charge >= 0.3 is 11.7 Å². The van der Waals surface area contributed by atoms with Crippen molar-refractivity contribution in [2.75, 3.05) is 6.61 Å². The number of nitrogens with zero attached hydrogens (tertiary/aromatic N) is 3. The number of carbonyl (C=O) groups excluding carboxylic acids is 1. The minimum atomic E-state index is -0.922. The second-order valence-corrected chi connectivity index (χ2v) is 4.09. The Morgan fingerprint density at radius 1 is 1.22 bits per heavy atom. The van der Waals surface area contributed by atoms with Gasteiger partial charge in [-0.3, -0.25) is 4.79 Å². The van der Waals surface area contributed by atoms with E-state index in [1.165, 1.54) is 19.2 Å². The Labute approximate surface area is 131 Å². The summed E-state index contributed by atoms with van der Waals surface area (Å²) in [5.74, 6) is -1.43. The average Bonchev–Trinajstić information content (AvgIpc) is 2.55. The van der Waals surface area contributed by atoms with Gasteiger partial charge in [-0.1, -0.05) is 13.8 Å². The van der Waals surface area contributed by atoms with E-state index in [1.807, 2.05) is 13.8 Å². The molecule has 1 aromatic heterocycles. The molecule has 0 aliphatic rings. The highest BCUT2D eigenvalue weighted by Gasteiger charge is 2.20. The summed E-state index contributed by atoms with van der Waals surface area (Å²) in [7, 11) is 1.30. The molecular weight excluding hydrogens is 305 g/mol. The van der Waals surface area contributed by atoms with Gasteiger partial charge in [-0.2, -0.15) is 5.10 Å². The van der Waals surface area contributed by atoms with E-state index >= 15 is 0 Å². The zero-order valence-electron chi connectivity index (χ0n) is 13.4. The van der Waals surface area contributed by atoms with Crippen LogP contribution in [0.1, 0.15) is 31.3 Å². The molecule has 124 valence electrons. The Balaban J connectivity index is 0.00000127. The number of esters is 1. The molecule has 0 N–H and O–H groups in total. The van der Waals surface area contributed by atoms with Gasteiger partial charge in [-0.25, -0.2) is 23.2 Å². The molecular formula is C15H18FN3O4. The number of carbonyl (C=O) groups is 1. The third-order valence-corrected chi connectivity index (χ3v) is 2.68. The summed E-state index contributed by atoms with van der Waals surface area (Å²) >= 11 is 0. The van der Waals surface area contributed by atoms with Crippen molar-refractivity contribution in [2.45, 2.75) is 20.8 Å². The summed E-state index contributed by atoms with van der Waals surface area (Å²) < 4.78 is 19.2. The first-order chi connectivity index (χ1) is 11.0. The molecule has 23 heavy (non-hydrogen) atoms. The Kier molecular flexibility index (Phi) is 6.37. The van der Waals surface area contributed by atoms with Gasteiger partial charge in [-0.15, -0.1) is 0 Å². The molecule has 0 unspecified atom stereocenters. The van der Waals surface area contributed by atoms with Crippen LogP contribution >= 0.6 is 0 Å². The molecule has 0 saturated heterocycles. The molecule has 7 nitrogen and oxygen atoms in total. The zero-order chi connectivity index (χ0) is 17.6. The highest BCUT2D eigenvalue weighted by molar-refractivity contribution is 5.86. The zero-order valence-corrected chi connectivity index (χ0v) is 13.4. The van der Waals surface area contributed by atoms with Gasteiger partial charge in [0, 0.05) is 7.05 Å². The average molecular weight is 323 g/mol. The van der Waals surface area contributed by atoms with Crippen molar-refractivity contribution in [3.63, 3.8) is 0 Å². The number of rotatable bonds is 3. The molecule has 0 aliphatic heterocycles. The molecule has 1 heterocycles. The van der Waals surface area contributed by atoms with E-state index in [-0.39, 0.29) is 12.3 Å². The molecule has 0 amide bonds. The van der Waals surface area contributed by atoms with Crippen LogP contribution in [0.4, 0.5) is 4.39 Å². The van der Waals surface area contributed by atoms with E-state index in [2.05, 4.69) is 5.10 Å². The van der Waals surface area contributed by atoms with E-state index in [0.29, 0.717) is 0 Å². The first-order valence-corrected chi connectivity index (χ1v) is 7.09. The summed E-state index contributed by atoms with van der Waals surface area (Å²) in [6.07, 6.45) is 0. The van der Waals surface area contributed by atoms with Crippen molar-refractivity contribution in [1.29, 1.82) is 0 Å². The maximum atomic E-state index is 12.9. The van der Waals surface area contributed by atoms with Crippen LogP contribution in [0.25, 0.3) is 5.69 Å². The predicted molar refractivity (Wildman–Crippen MR) is 82.3 cm³/mol. The van der Waals surface area contributed by atoms with Crippen LogP contribution < -0.4 is 11.2 Å². The molecule has 0 saturated carbocycles. The molecule has 0 bridgehead atoms. The Morgan fingerprint density at radius 3 is 2.30 bits per heavy atom. The third-order valence-electron chi connectivity index (χ3n) is 2.68. The van der Waals surface area contributed by atoms with Crippen molar-refractivity contribution in [3.05, 3.63) is 56.6 Å². The van der Waals surface area contributed by atoms with Gasteiger partial charge in [0.15, 0.2) is 0 Å². The summed E-state index contributed by atoms with van der Waals surface area (Å²) in [6.45, 7) is 5.65. The lowest BCUT2D eigenvalue weighted by molar-refractivity contribution is 0.0513. The maximum Gasteiger partial charge on any atom is 0.364 e. The van der Waals surface area contributed by atoms with Gasteiger partial charge in [0.2, 0.25) is 5.69 Å². The molecule has 0 radical (unpaired) electrons. The Hall–Kier alpha value is -2.77. The monoisotopic (exact) mass is 323 g/mol. The summed E-state index contributed by atoms with van der Waals surface area (Å²) in [5.41, 5.74) is -2.04. The SMILES string of the molecule is CC.CCOC(=O)c1nn(C)c(=O)n(-c2ccc(F)cc2)c1=O. The fourth-order valence-corrected chi connectivity index (χ4v) is 1.72. The smallest absolute Gasteiger partial charge is 0.364 e. The molecule has 0 fully saturated rings. The lowest BCUT2D eigenvalue weighted by Gasteiger charge is -2.08. The molecule has 0 aliphatic carbocycles. The van der Waals surface area contributed by atoms with Crippen molar-refractivity contribution in [1.82, 2.24) is 14.3 Å². The summed E-state index contributed by atoms with van der Waals surface area (Å²) in [4.78, 5) is 36.0. The van der Waals surface area contributed by atoms with Gasteiger partial charge in [0.05, 0.1) is 12.3 Å². The number of halogens is 1. The summed E-state index contributed by atoms with van der Waals surface area (Å²) in [5, 5.41) is 3.62. The second-order valence-electron chi connectivity index (χ2n) is 4.09. The molecule has 8 heteroatoms. The van der Waals surface area contributed by atoms with Crippen LogP contribution in [0.15, 0.2) is 33.9 Å². The number of benzene rings is 1. The van der Waals surface area contributed by atoms with Crippen LogP contribution in [-0.4, -0.2) is 26.9 Å². The molecule has 0 spiro atoms. The molecule has 2 aromatic rings. The van der Waals surface area contributed by atoms with Crippen molar-refractivity contribution in [2.24, 2.45) is 7.05 Å². The number of hydrogen-bond donors (Lipinski definition) is 0. The van der Waals surface area contributed by atoms with E-state index in [1.54, 1.807) is 6.92 Å². The van der Waals surface area contributed by atoms with E-state index in [4.69, 9.17) is 4.74 Å². The number of hydrogen-bond acceptors (Lipinski definition) is 5. The first-order valence-electron chi connectivity index (χ1n) is 7.09. The highest BCUT2D eigenvalue weighted by Crippen LogP contribution is 2.04. The lowest BCUT2D eigenvalue weighted by atomic mass is 10.3. The van der Waals surface area contributed by atoms with Crippen molar-refractivity contribution in [3.8, 4) is 5.69 Å². The van der Waals surface area contributed by atoms with Gasteiger partial charge in [0.1, 0.15) is 5.82 Å². The van der Waals surface area contributed by atoms with E-state index in [0.717, 1.165) is 21.4 Å². The minimum absolute atomic E-state index is 0.0688. The topological polar surface area (TPSA) is 83.2 Å². The van der Waals surface area contributed by atoms with Gasteiger partial charge in [0.25, 0.3) is 5.56 Å². The van der Waals surface area contributed by atoms with Crippen LogP contribution in [0.3, 0.4) is 0 Å².